The van der Waals surface area contributed by atoms with Crippen LogP contribution < -0.4 is 5.32 Å². The van der Waals surface area contributed by atoms with Crippen LogP contribution in [0.1, 0.15) is 26.2 Å². The molecule has 1 saturated carbocycles. The molecule has 0 saturated heterocycles. The zero-order chi connectivity index (χ0) is 13.7. The molecule has 6 nitrogen and oxygen atoms in total. The topological polar surface area (TPSA) is 86.7 Å². The molecule has 0 aromatic carbocycles. The van der Waals surface area contributed by atoms with Gasteiger partial charge in [0.15, 0.2) is 0 Å². The first-order chi connectivity index (χ1) is 8.47. The summed E-state index contributed by atoms with van der Waals surface area (Å²) in [7, 11) is 1.54. The lowest BCUT2D eigenvalue weighted by molar-refractivity contribution is -0.149. The number of carboxylic acids is 1. The highest BCUT2D eigenvalue weighted by Crippen LogP contribution is 2.33. The number of carbonyl (C=O) groups is 3. The first kappa shape index (κ1) is 14.5. The summed E-state index contributed by atoms with van der Waals surface area (Å²) in [5, 5.41) is 11.6. The maximum Gasteiger partial charge on any atom is 0.307 e. The monoisotopic (exact) mass is 256 g/mol. The van der Waals surface area contributed by atoms with Crippen LogP contribution in [0.3, 0.4) is 0 Å². The van der Waals surface area contributed by atoms with E-state index in [1.54, 1.807) is 6.92 Å². The second-order valence-corrected chi connectivity index (χ2v) is 4.63. The quantitative estimate of drug-likeness (QED) is 0.729. The molecular weight excluding hydrogens is 236 g/mol. The van der Waals surface area contributed by atoms with Crippen LogP contribution in [0, 0.1) is 11.8 Å². The Hall–Kier alpha value is -1.59. The van der Waals surface area contributed by atoms with Gasteiger partial charge in [0.2, 0.25) is 11.8 Å². The van der Waals surface area contributed by atoms with Gasteiger partial charge in [-0.2, -0.15) is 0 Å². The molecular formula is C12H20N2O4. The van der Waals surface area contributed by atoms with E-state index in [1.807, 2.05) is 0 Å². The summed E-state index contributed by atoms with van der Waals surface area (Å²) in [6.45, 7) is 2.30. The number of amides is 2. The van der Waals surface area contributed by atoms with Crippen molar-refractivity contribution >= 4 is 17.8 Å². The van der Waals surface area contributed by atoms with Crippen LogP contribution in [0.2, 0.25) is 0 Å². The first-order valence-corrected chi connectivity index (χ1v) is 6.21. The van der Waals surface area contributed by atoms with Crippen LogP contribution in [0.4, 0.5) is 0 Å². The molecule has 18 heavy (non-hydrogen) atoms. The largest absolute Gasteiger partial charge is 0.481 e. The van der Waals surface area contributed by atoms with Gasteiger partial charge in [0, 0.05) is 13.6 Å². The minimum Gasteiger partial charge on any atom is -0.481 e. The lowest BCUT2D eigenvalue weighted by atomic mass is 9.95. The van der Waals surface area contributed by atoms with E-state index in [0.717, 1.165) is 6.42 Å². The van der Waals surface area contributed by atoms with Gasteiger partial charge in [-0.3, -0.25) is 14.4 Å². The molecule has 2 atom stereocenters. The molecule has 0 bridgehead atoms. The Bertz CT molecular complexity index is 343. The van der Waals surface area contributed by atoms with Gasteiger partial charge in [-0.15, -0.1) is 0 Å². The SMILES string of the molecule is CCNC(=O)CN(C)C(=O)[C@@H]1CCC[C@@H]1C(=O)O. The fraction of sp³-hybridized carbons (Fsp3) is 0.750. The summed E-state index contributed by atoms with van der Waals surface area (Å²) in [4.78, 5) is 35.8. The van der Waals surface area contributed by atoms with Crippen molar-refractivity contribution in [2.45, 2.75) is 26.2 Å². The summed E-state index contributed by atoms with van der Waals surface area (Å²) in [5.41, 5.74) is 0. The Labute approximate surface area is 106 Å². The van der Waals surface area contributed by atoms with Crippen molar-refractivity contribution in [3.8, 4) is 0 Å². The summed E-state index contributed by atoms with van der Waals surface area (Å²) in [6.07, 6.45) is 1.89. The summed E-state index contributed by atoms with van der Waals surface area (Å²) in [5.74, 6) is -2.47. The third-order valence-electron chi connectivity index (χ3n) is 3.28. The maximum atomic E-state index is 12.1. The van der Waals surface area contributed by atoms with Crippen molar-refractivity contribution in [1.82, 2.24) is 10.2 Å². The van der Waals surface area contributed by atoms with Gasteiger partial charge in [0.05, 0.1) is 18.4 Å². The van der Waals surface area contributed by atoms with Crippen molar-refractivity contribution in [3.63, 3.8) is 0 Å². The van der Waals surface area contributed by atoms with Crippen molar-refractivity contribution in [2.24, 2.45) is 11.8 Å². The fourth-order valence-electron chi connectivity index (χ4n) is 2.38. The molecule has 102 valence electrons. The molecule has 1 aliphatic rings. The number of carbonyl (C=O) groups excluding carboxylic acids is 2. The number of hydrogen-bond acceptors (Lipinski definition) is 3. The molecule has 1 rings (SSSR count). The number of hydrogen-bond donors (Lipinski definition) is 2. The van der Waals surface area contributed by atoms with E-state index < -0.39 is 17.8 Å². The number of aliphatic carboxylic acids is 1. The molecule has 0 heterocycles. The number of nitrogens with zero attached hydrogens (tertiary/aromatic N) is 1. The molecule has 1 aliphatic carbocycles. The third-order valence-corrected chi connectivity index (χ3v) is 3.28. The highest BCUT2D eigenvalue weighted by atomic mass is 16.4. The smallest absolute Gasteiger partial charge is 0.307 e. The Morgan fingerprint density at radius 3 is 2.44 bits per heavy atom. The van der Waals surface area contributed by atoms with Gasteiger partial charge in [-0.25, -0.2) is 0 Å². The van der Waals surface area contributed by atoms with E-state index in [1.165, 1.54) is 11.9 Å². The Morgan fingerprint density at radius 1 is 1.28 bits per heavy atom. The predicted molar refractivity (Wildman–Crippen MR) is 64.8 cm³/mol. The number of rotatable bonds is 5. The first-order valence-electron chi connectivity index (χ1n) is 6.21. The highest BCUT2D eigenvalue weighted by Gasteiger charge is 2.39. The van der Waals surface area contributed by atoms with Crippen molar-refractivity contribution in [3.05, 3.63) is 0 Å². The lowest BCUT2D eigenvalue weighted by Crippen LogP contribution is -2.42. The molecule has 0 aromatic heterocycles. The van der Waals surface area contributed by atoms with Crippen molar-refractivity contribution in [2.75, 3.05) is 20.1 Å². The molecule has 0 radical (unpaired) electrons. The van der Waals surface area contributed by atoms with E-state index in [2.05, 4.69) is 5.32 Å². The summed E-state index contributed by atoms with van der Waals surface area (Å²) >= 11 is 0. The van der Waals surface area contributed by atoms with Crippen molar-refractivity contribution < 1.29 is 19.5 Å². The molecule has 2 N–H and O–H groups in total. The summed E-state index contributed by atoms with van der Waals surface area (Å²) in [6, 6.07) is 0. The van der Waals surface area contributed by atoms with Gasteiger partial charge in [-0.05, 0) is 19.8 Å². The van der Waals surface area contributed by atoms with Crippen LogP contribution in [0.5, 0.6) is 0 Å². The van der Waals surface area contributed by atoms with E-state index >= 15 is 0 Å². The van der Waals surface area contributed by atoms with Gasteiger partial charge >= 0.3 is 5.97 Å². The molecule has 0 aliphatic heterocycles. The average Bonchev–Trinajstić information content (AvgIpc) is 2.76. The fourth-order valence-corrected chi connectivity index (χ4v) is 2.38. The van der Waals surface area contributed by atoms with Crippen LogP contribution >= 0.6 is 0 Å². The maximum absolute atomic E-state index is 12.1. The molecule has 0 spiro atoms. The van der Waals surface area contributed by atoms with E-state index in [-0.39, 0.29) is 18.4 Å². The highest BCUT2D eigenvalue weighted by molar-refractivity contribution is 5.88. The van der Waals surface area contributed by atoms with Gasteiger partial charge in [-0.1, -0.05) is 6.42 Å². The van der Waals surface area contributed by atoms with E-state index in [0.29, 0.717) is 19.4 Å². The van der Waals surface area contributed by atoms with Gasteiger partial charge < -0.3 is 15.3 Å². The standard InChI is InChI=1S/C12H20N2O4/c1-3-13-10(15)7-14(2)11(16)8-5-4-6-9(8)12(17)18/h8-9H,3-7H2,1-2H3,(H,13,15)(H,17,18)/t8-,9+/m1/s1. The van der Waals surface area contributed by atoms with Gasteiger partial charge in [0.25, 0.3) is 0 Å². The second-order valence-electron chi connectivity index (χ2n) is 4.63. The van der Waals surface area contributed by atoms with Crippen molar-refractivity contribution in [1.29, 1.82) is 0 Å². The van der Waals surface area contributed by atoms with E-state index in [4.69, 9.17) is 5.11 Å². The van der Waals surface area contributed by atoms with E-state index in [9.17, 15) is 14.4 Å². The third kappa shape index (κ3) is 3.45. The van der Waals surface area contributed by atoms with Crippen LogP contribution in [0.25, 0.3) is 0 Å². The van der Waals surface area contributed by atoms with Crippen LogP contribution in [-0.4, -0.2) is 47.9 Å². The zero-order valence-electron chi connectivity index (χ0n) is 10.8. The van der Waals surface area contributed by atoms with Gasteiger partial charge in [0.1, 0.15) is 0 Å². The zero-order valence-corrected chi connectivity index (χ0v) is 10.8. The van der Waals surface area contributed by atoms with Crippen LogP contribution in [0.15, 0.2) is 0 Å². The number of nitrogens with one attached hydrogen (secondary N) is 1. The Morgan fingerprint density at radius 2 is 1.89 bits per heavy atom. The minimum atomic E-state index is -0.919. The number of likely N-dealkylation sites (N-methyl/N-ethyl adjacent to an activating group) is 2. The summed E-state index contributed by atoms with van der Waals surface area (Å²) < 4.78 is 0. The predicted octanol–water partition coefficient (Wildman–Crippen LogP) is 0.0818. The molecule has 6 heteroatoms. The second kappa shape index (κ2) is 6.37. The Balaban J connectivity index is 2.57. The molecule has 0 unspecified atom stereocenters. The normalized spacial score (nSPS) is 22.6. The average molecular weight is 256 g/mol. The van der Waals surface area contributed by atoms with Crippen LogP contribution in [-0.2, 0) is 14.4 Å². The molecule has 0 aromatic rings. The minimum absolute atomic E-state index is 0.0183. The molecule has 2 amide bonds. The lowest BCUT2D eigenvalue weighted by Gasteiger charge is -2.22. The molecule has 1 fully saturated rings. The number of carboxylic acid groups (broad SMARTS) is 1. The Kier molecular flexibility index (Phi) is 5.12.